The molecule has 0 aliphatic carbocycles. The van der Waals surface area contributed by atoms with Crippen molar-refractivity contribution in [2.75, 3.05) is 0 Å². The number of fused-ring (bicyclic) bond motifs is 1. The van der Waals surface area contributed by atoms with Gasteiger partial charge in [0.15, 0.2) is 5.03 Å². The maximum Gasteiger partial charge on any atom is 0.259 e. The molecule has 0 unspecified atom stereocenters. The summed E-state index contributed by atoms with van der Waals surface area (Å²) in [5.41, 5.74) is 0.589. The molecule has 0 bridgehead atoms. The summed E-state index contributed by atoms with van der Waals surface area (Å²) in [5.74, 6) is 0. The smallest absolute Gasteiger partial charge is 0.243 e. The van der Waals surface area contributed by atoms with Crippen molar-refractivity contribution in [3.63, 3.8) is 0 Å². The lowest BCUT2D eigenvalue weighted by Crippen LogP contribution is -2.28. The maximum atomic E-state index is 12.3. The van der Waals surface area contributed by atoms with Crippen LogP contribution in [0.5, 0.6) is 0 Å². The van der Waals surface area contributed by atoms with Crippen molar-refractivity contribution < 1.29 is 8.42 Å². The van der Waals surface area contributed by atoms with Gasteiger partial charge < -0.3 is 0 Å². The normalized spacial score (nSPS) is 12.7. The summed E-state index contributed by atoms with van der Waals surface area (Å²) in [5, 5.41) is 11.2. The van der Waals surface area contributed by atoms with Crippen LogP contribution in [0, 0.1) is 11.3 Å². The van der Waals surface area contributed by atoms with Crippen molar-refractivity contribution in [2.45, 2.75) is 11.1 Å². The second-order valence-corrected chi connectivity index (χ2v) is 6.62. The highest BCUT2D eigenvalue weighted by molar-refractivity contribution is 7.89. The fraction of sp³-hybridized carbons (Fsp3) is 0.0588. The molecule has 0 saturated carbocycles. The highest BCUT2D eigenvalue weighted by atomic mass is 32.2. The van der Waals surface area contributed by atoms with E-state index in [1.165, 1.54) is 12.3 Å². The summed E-state index contributed by atoms with van der Waals surface area (Å²) in [6.45, 7) is 0. The lowest BCUT2D eigenvalue weighted by Gasteiger charge is -2.12. The number of nitrogens with zero attached hydrogens (tertiary/aromatic N) is 2. The van der Waals surface area contributed by atoms with Crippen molar-refractivity contribution in [1.82, 2.24) is 9.71 Å². The van der Waals surface area contributed by atoms with E-state index in [2.05, 4.69) is 9.71 Å². The largest absolute Gasteiger partial charge is 0.259 e. The average Bonchev–Trinajstić information content (AvgIpc) is 2.60. The molecule has 0 radical (unpaired) electrons. The van der Waals surface area contributed by atoms with E-state index in [1.807, 2.05) is 42.5 Å². The molecule has 0 saturated heterocycles. The Balaban J connectivity index is 1.95. The Hall–Kier alpha value is -2.75. The van der Waals surface area contributed by atoms with Gasteiger partial charge in [-0.25, -0.2) is 13.4 Å². The van der Waals surface area contributed by atoms with Crippen molar-refractivity contribution in [2.24, 2.45) is 0 Å². The third-order valence-electron chi connectivity index (χ3n) is 3.42. The van der Waals surface area contributed by atoms with E-state index in [1.54, 1.807) is 18.2 Å². The molecule has 6 heteroatoms. The summed E-state index contributed by atoms with van der Waals surface area (Å²) < 4.78 is 27.0. The molecule has 0 amide bonds. The van der Waals surface area contributed by atoms with Crippen molar-refractivity contribution in [3.05, 3.63) is 72.4 Å². The van der Waals surface area contributed by atoms with E-state index in [4.69, 9.17) is 0 Å². The van der Waals surface area contributed by atoms with Crippen molar-refractivity contribution in [1.29, 1.82) is 5.26 Å². The highest BCUT2D eigenvalue weighted by Crippen LogP contribution is 2.21. The van der Waals surface area contributed by atoms with Crippen LogP contribution in [0.15, 0.2) is 71.9 Å². The molecule has 0 spiro atoms. The second kappa shape index (κ2) is 6.16. The zero-order valence-corrected chi connectivity index (χ0v) is 12.9. The van der Waals surface area contributed by atoms with Crippen molar-refractivity contribution >= 4 is 20.8 Å². The lowest BCUT2D eigenvalue weighted by molar-refractivity contribution is 0.571. The van der Waals surface area contributed by atoms with Gasteiger partial charge in [-0.2, -0.15) is 9.98 Å². The number of pyridine rings is 1. The number of benzene rings is 2. The molecule has 1 atom stereocenters. The fourth-order valence-corrected chi connectivity index (χ4v) is 3.36. The number of nitrogens with one attached hydrogen (secondary N) is 1. The molecule has 3 aromatic rings. The van der Waals surface area contributed by atoms with Crippen LogP contribution in [0.1, 0.15) is 11.6 Å². The molecular formula is C17H13N3O2S. The molecule has 114 valence electrons. The van der Waals surface area contributed by atoms with E-state index in [0.29, 0.717) is 5.56 Å². The molecule has 1 N–H and O–H groups in total. The molecule has 23 heavy (non-hydrogen) atoms. The van der Waals surface area contributed by atoms with Crippen LogP contribution in [0.4, 0.5) is 0 Å². The summed E-state index contributed by atoms with van der Waals surface area (Å²) in [6.07, 6.45) is 1.39. The first-order valence-electron chi connectivity index (χ1n) is 6.92. The van der Waals surface area contributed by atoms with Crippen LogP contribution >= 0.6 is 0 Å². The second-order valence-electron chi connectivity index (χ2n) is 4.96. The first-order chi connectivity index (χ1) is 11.1. The number of sulfonamides is 1. The van der Waals surface area contributed by atoms with E-state index >= 15 is 0 Å². The van der Waals surface area contributed by atoms with Gasteiger partial charge in [0.1, 0.15) is 6.04 Å². The standard InChI is InChI=1S/C17H13N3O2S/c18-12-16(20-23(21,22)17-7-3-4-10-19-17)15-9-8-13-5-1-2-6-14(13)11-15/h1-11,16,20H/t16-/m0/s1. The van der Waals surface area contributed by atoms with Gasteiger partial charge in [0.25, 0.3) is 10.0 Å². The monoisotopic (exact) mass is 323 g/mol. The number of nitriles is 1. The Bertz CT molecular complexity index is 979. The highest BCUT2D eigenvalue weighted by Gasteiger charge is 2.22. The molecule has 5 nitrogen and oxygen atoms in total. The van der Waals surface area contributed by atoms with Gasteiger partial charge in [-0.3, -0.25) is 0 Å². The van der Waals surface area contributed by atoms with Crippen LogP contribution in [0.3, 0.4) is 0 Å². The summed E-state index contributed by atoms with van der Waals surface area (Å²) in [7, 11) is -3.86. The Labute approximate surface area is 134 Å². The van der Waals surface area contributed by atoms with Gasteiger partial charge in [0.05, 0.1) is 6.07 Å². The maximum absolute atomic E-state index is 12.3. The first-order valence-corrected chi connectivity index (χ1v) is 8.40. The van der Waals surface area contributed by atoms with Gasteiger partial charge in [-0.05, 0) is 34.5 Å². The quantitative estimate of drug-likeness (QED) is 0.800. The van der Waals surface area contributed by atoms with E-state index in [9.17, 15) is 13.7 Å². The summed E-state index contributed by atoms with van der Waals surface area (Å²) in [4.78, 5) is 3.82. The molecule has 0 aliphatic rings. The molecule has 0 aliphatic heterocycles. The minimum Gasteiger partial charge on any atom is -0.243 e. The van der Waals surface area contributed by atoms with Gasteiger partial charge in [-0.1, -0.05) is 42.5 Å². The zero-order valence-electron chi connectivity index (χ0n) is 12.0. The van der Waals surface area contributed by atoms with Gasteiger partial charge in [0, 0.05) is 6.20 Å². The Morgan fingerprint density at radius 3 is 2.43 bits per heavy atom. The molecule has 3 rings (SSSR count). The Morgan fingerprint density at radius 2 is 1.74 bits per heavy atom. The average molecular weight is 323 g/mol. The Kier molecular flexibility index (Phi) is 4.06. The lowest BCUT2D eigenvalue weighted by atomic mass is 10.0. The van der Waals surface area contributed by atoms with E-state index < -0.39 is 16.1 Å². The van der Waals surface area contributed by atoms with Crippen LogP contribution in [0.25, 0.3) is 10.8 Å². The predicted molar refractivity (Wildman–Crippen MR) is 86.9 cm³/mol. The zero-order chi connectivity index (χ0) is 16.3. The first kappa shape index (κ1) is 15.2. The molecule has 2 aromatic carbocycles. The van der Waals surface area contributed by atoms with Crippen LogP contribution < -0.4 is 4.72 Å². The summed E-state index contributed by atoms with van der Waals surface area (Å²) in [6, 6.07) is 18.7. The van der Waals surface area contributed by atoms with Crippen LogP contribution in [-0.4, -0.2) is 13.4 Å². The fourth-order valence-electron chi connectivity index (χ4n) is 2.28. The number of hydrogen-bond acceptors (Lipinski definition) is 4. The molecule has 0 fully saturated rings. The SMILES string of the molecule is N#C[C@H](NS(=O)(=O)c1ccccn1)c1ccc2ccccc2c1. The minimum atomic E-state index is -3.86. The van der Waals surface area contributed by atoms with Gasteiger partial charge in [-0.15, -0.1) is 0 Å². The molecular weight excluding hydrogens is 310 g/mol. The van der Waals surface area contributed by atoms with E-state index in [-0.39, 0.29) is 5.03 Å². The third-order valence-corrected chi connectivity index (χ3v) is 4.76. The van der Waals surface area contributed by atoms with Gasteiger partial charge in [0.2, 0.25) is 0 Å². The molecule has 1 aromatic heterocycles. The third kappa shape index (κ3) is 3.21. The van der Waals surface area contributed by atoms with E-state index in [0.717, 1.165) is 10.8 Å². The summed E-state index contributed by atoms with van der Waals surface area (Å²) >= 11 is 0. The van der Waals surface area contributed by atoms with Crippen LogP contribution in [-0.2, 0) is 10.0 Å². The van der Waals surface area contributed by atoms with Gasteiger partial charge >= 0.3 is 0 Å². The predicted octanol–water partition coefficient (Wildman–Crippen LogP) is 2.78. The topological polar surface area (TPSA) is 82.9 Å². The number of hydrogen-bond donors (Lipinski definition) is 1. The molecule has 1 heterocycles. The van der Waals surface area contributed by atoms with Crippen LogP contribution in [0.2, 0.25) is 0 Å². The number of rotatable bonds is 4. The van der Waals surface area contributed by atoms with Crippen molar-refractivity contribution in [3.8, 4) is 6.07 Å². The number of aromatic nitrogens is 1. The Morgan fingerprint density at radius 1 is 1.00 bits per heavy atom. The minimum absolute atomic E-state index is 0.110.